The maximum Gasteiger partial charge on any atom is 0.233 e. The highest BCUT2D eigenvalue weighted by Gasteiger charge is 2.35. The van der Waals surface area contributed by atoms with Gasteiger partial charge in [0.15, 0.2) is 0 Å². The SMILES string of the molecule is CCC(=O)N1CCN(CCN2C(=O)CSC2c2cc(OC)ccc2OC)CC1. The zero-order valence-electron chi connectivity index (χ0n) is 16.8. The third kappa shape index (κ3) is 4.55. The second kappa shape index (κ2) is 9.52. The molecule has 2 amide bonds. The number of methoxy groups -OCH3 is 2. The van der Waals surface area contributed by atoms with Crippen molar-refractivity contribution in [2.24, 2.45) is 0 Å². The van der Waals surface area contributed by atoms with E-state index in [1.54, 1.807) is 26.0 Å². The molecule has 1 atom stereocenters. The fourth-order valence-corrected chi connectivity index (χ4v) is 4.91. The first kappa shape index (κ1) is 20.8. The molecule has 3 rings (SSSR count). The summed E-state index contributed by atoms with van der Waals surface area (Å²) in [5.41, 5.74) is 0.969. The number of piperazine rings is 1. The van der Waals surface area contributed by atoms with Crippen LogP contribution in [0, 0.1) is 0 Å². The summed E-state index contributed by atoms with van der Waals surface area (Å²) in [6.45, 7) is 6.62. The van der Waals surface area contributed by atoms with E-state index in [9.17, 15) is 9.59 Å². The second-order valence-electron chi connectivity index (χ2n) is 6.93. The van der Waals surface area contributed by atoms with Crippen LogP contribution in [0.5, 0.6) is 11.5 Å². The highest BCUT2D eigenvalue weighted by Crippen LogP contribution is 2.43. The Hall–Kier alpha value is -1.93. The van der Waals surface area contributed by atoms with Crippen molar-refractivity contribution in [2.45, 2.75) is 18.7 Å². The van der Waals surface area contributed by atoms with E-state index in [0.717, 1.165) is 49.8 Å². The number of nitrogens with zero attached hydrogens (tertiary/aromatic N) is 3. The lowest BCUT2D eigenvalue weighted by Gasteiger charge is -2.36. The van der Waals surface area contributed by atoms with Crippen molar-refractivity contribution in [3.63, 3.8) is 0 Å². The van der Waals surface area contributed by atoms with Gasteiger partial charge in [0.2, 0.25) is 11.8 Å². The third-order valence-electron chi connectivity index (χ3n) is 5.36. The first-order valence-corrected chi connectivity index (χ1v) is 10.7. The summed E-state index contributed by atoms with van der Waals surface area (Å²) >= 11 is 1.62. The van der Waals surface area contributed by atoms with E-state index in [2.05, 4.69) is 4.90 Å². The predicted octanol–water partition coefficient (Wildman–Crippen LogP) is 1.83. The molecule has 0 N–H and O–H groups in total. The monoisotopic (exact) mass is 407 g/mol. The fourth-order valence-electron chi connectivity index (χ4n) is 3.68. The van der Waals surface area contributed by atoms with Crippen LogP contribution in [-0.2, 0) is 9.59 Å². The highest BCUT2D eigenvalue weighted by atomic mass is 32.2. The summed E-state index contributed by atoms with van der Waals surface area (Å²) in [6.07, 6.45) is 0.559. The lowest BCUT2D eigenvalue weighted by atomic mass is 10.1. The Bertz CT molecular complexity index is 707. The normalized spacial score (nSPS) is 20.5. The molecule has 0 saturated carbocycles. The summed E-state index contributed by atoms with van der Waals surface area (Å²) in [5.74, 6) is 2.37. The van der Waals surface area contributed by atoms with Crippen LogP contribution in [0.2, 0.25) is 0 Å². The lowest BCUT2D eigenvalue weighted by molar-refractivity contribution is -0.132. The van der Waals surface area contributed by atoms with Crippen molar-refractivity contribution in [3.05, 3.63) is 23.8 Å². The van der Waals surface area contributed by atoms with Gasteiger partial charge in [0.25, 0.3) is 0 Å². The minimum atomic E-state index is -0.0690. The van der Waals surface area contributed by atoms with Crippen molar-refractivity contribution in [3.8, 4) is 11.5 Å². The first-order valence-electron chi connectivity index (χ1n) is 9.70. The Morgan fingerprint density at radius 1 is 1.14 bits per heavy atom. The Labute approximate surface area is 170 Å². The molecule has 7 nitrogen and oxygen atoms in total. The van der Waals surface area contributed by atoms with Crippen LogP contribution in [0.15, 0.2) is 18.2 Å². The molecule has 0 aliphatic carbocycles. The second-order valence-corrected chi connectivity index (χ2v) is 8.00. The molecule has 0 radical (unpaired) electrons. The molecule has 2 fully saturated rings. The van der Waals surface area contributed by atoms with Crippen molar-refractivity contribution in [1.29, 1.82) is 0 Å². The van der Waals surface area contributed by atoms with Gasteiger partial charge in [0, 0.05) is 51.3 Å². The van der Waals surface area contributed by atoms with Gasteiger partial charge in [-0.15, -0.1) is 11.8 Å². The molecule has 8 heteroatoms. The molecular weight excluding hydrogens is 378 g/mol. The highest BCUT2D eigenvalue weighted by molar-refractivity contribution is 8.00. The van der Waals surface area contributed by atoms with Gasteiger partial charge in [-0.1, -0.05) is 6.92 Å². The predicted molar refractivity (Wildman–Crippen MR) is 110 cm³/mol. The number of carbonyl (C=O) groups is 2. The summed E-state index contributed by atoms with van der Waals surface area (Å²) in [7, 11) is 3.29. The Morgan fingerprint density at radius 2 is 1.89 bits per heavy atom. The number of benzene rings is 1. The van der Waals surface area contributed by atoms with Crippen LogP contribution < -0.4 is 9.47 Å². The van der Waals surface area contributed by atoms with Gasteiger partial charge in [-0.25, -0.2) is 0 Å². The molecule has 1 aromatic carbocycles. The number of ether oxygens (including phenoxy) is 2. The summed E-state index contributed by atoms with van der Waals surface area (Å²) in [6, 6.07) is 5.71. The van der Waals surface area contributed by atoms with Crippen LogP contribution in [-0.4, -0.2) is 85.8 Å². The van der Waals surface area contributed by atoms with Gasteiger partial charge in [-0.2, -0.15) is 0 Å². The third-order valence-corrected chi connectivity index (χ3v) is 6.59. The van der Waals surface area contributed by atoms with Gasteiger partial charge in [0.1, 0.15) is 16.9 Å². The van der Waals surface area contributed by atoms with Crippen molar-refractivity contribution >= 4 is 23.6 Å². The lowest BCUT2D eigenvalue weighted by Crippen LogP contribution is -2.50. The minimum Gasteiger partial charge on any atom is -0.497 e. The standard InChI is InChI=1S/C20H29N3O4S/c1-4-18(24)22-10-7-21(8-11-22)9-12-23-19(25)14-28-20(23)16-13-15(26-2)5-6-17(16)27-3/h5-6,13,20H,4,7-12,14H2,1-3H3. The topological polar surface area (TPSA) is 62.3 Å². The van der Waals surface area contributed by atoms with E-state index in [1.807, 2.05) is 34.9 Å². The Kier molecular flexibility index (Phi) is 7.07. The molecule has 0 bridgehead atoms. The van der Waals surface area contributed by atoms with E-state index in [0.29, 0.717) is 18.7 Å². The quantitative estimate of drug-likeness (QED) is 0.687. The molecule has 2 saturated heterocycles. The Morgan fingerprint density at radius 3 is 2.54 bits per heavy atom. The van der Waals surface area contributed by atoms with Crippen molar-refractivity contribution in [2.75, 3.05) is 59.2 Å². The summed E-state index contributed by atoms with van der Waals surface area (Å²) < 4.78 is 10.9. The molecule has 154 valence electrons. The molecule has 2 aliphatic heterocycles. The molecule has 1 unspecified atom stereocenters. The van der Waals surface area contributed by atoms with E-state index in [4.69, 9.17) is 9.47 Å². The number of hydrogen-bond acceptors (Lipinski definition) is 6. The van der Waals surface area contributed by atoms with Crippen molar-refractivity contribution in [1.82, 2.24) is 14.7 Å². The van der Waals surface area contributed by atoms with Gasteiger partial charge in [-0.05, 0) is 18.2 Å². The fraction of sp³-hybridized carbons (Fsp3) is 0.600. The summed E-state index contributed by atoms with van der Waals surface area (Å²) in [4.78, 5) is 30.5. The van der Waals surface area contributed by atoms with Crippen molar-refractivity contribution < 1.29 is 19.1 Å². The number of carbonyl (C=O) groups excluding carboxylic acids is 2. The van der Waals surface area contributed by atoms with Crippen LogP contribution in [0.3, 0.4) is 0 Å². The van der Waals surface area contributed by atoms with Gasteiger partial charge >= 0.3 is 0 Å². The largest absolute Gasteiger partial charge is 0.497 e. The van der Waals surface area contributed by atoms with E-state index in [1.165, 1.54) is 0 Å². The molecule has 28 heavy (non-hydrogen) atoms. The number of amides is 2. The molecule has 0 spiro atoms. The average Bonchev–Trinajstić information content (AvgIpc) is 3.11. The van der Waals surface area contributed by atoms with Crippen LogP contribution >= 0.6 is 11.8 Å². The summed E-state index contributed by atoms with van der Waals surface area (Å²) in [5, 5.41) is -0.0690. The van der Waals surface area contributed by atoms with Gasteiger partial charge in [-0.3, -0.25) is 14.5 Å². The molecule has 2 aliphatic rings. The minimum absolute atomic E-state index is 0.0690. The number of hydrogen-bond donors (Lipinski definition) is 0. The van der Waals surface area contributed by atoms with Crippen LogP contribution in [0.4, 0.5) is 0 Å². The van der Waals surface area contributed by atoms with Crippen LogP contribution in [0.1, 0.15) is 24.3 Å². The molecule has 2 heterocycles. The van der Waals surface area contributed by atoms with Gasteiger partial charge < -0.3 is 19.3 Å². The number of rotatable bonds is 7. The maximum absolute atomic E-state index is 12.5. The molecule has 1 aromatic rings. The first-order chi connectivity index (χ1) is 13.6. The zero-order valence-corrected chi connectivity index (χ0v) is 17.7. The number of thioether (sulfide) groups is 1. The zero-order chi connectivity index (χ0) is 20.1. The van der Waals surface area contributed by atoms with E-state index < -0.39 is 0 Å². The Balaban J connectivity index is 1.63. The maximum atomic E-state index is 12.5. The van der Waals surface area contributed by atoms with E-state index >= 15 is 0 Å². The molecule has 0 aromatic heterocycles. The smallest absolute Gasteiger partial charge is 0.233 e. The van der Waals surface area contributed by atoms with Gasteiger partial charge in [0.05, 0.1) is 20.0 Å². The van der Waals surface area contributed by atoms with Crippen LogP contribution in [0.25, 0.3) is 0 Å². The average molecular weight is 408 g/mol. The molecular formula is C20H29N3O4S. The van der Waals surface area contributed by atoms with E-state index in [-0.39, 0.29) is 17.2 Å².